The van der Waals surface area contributed by atoms with Gasteiger partial charge in [0.25, 0.3) is 0 Å². The largest absolute Gasteiger partial charge is 0.381 e. The fourth-order valence-electron chi connectivity index (χ4n) is 2.40. The van der Waals surface area contributed by atoms with Gasteiger partial charge in [0.05, 0.1) is 6.61 Å². The Labute approximate surface area is 86.8 Å². The third kappa shape index (κ3) is 2.27. The summed E-state index contributed by atoms with van der Waals surface area (Å²) in [5.74, 6) is 0.771. The number of hydrogen-bond donors (Lipinski definition) is 1. The zero-order valence-corrected chi connectivity index (χ0v) is 9.38. The minimum atomic E-state index is 0.320. The monoisotopic (exact) mass is 198 g/mol. The minimum absolute atomic E-state index is 0.320. The molecule has 0 saturated carbocycles. The molecule has 2 heterocycles. The molecule has 1 atom stereocenters. The predicted octanol–water partition coefficient (Wildman–Crippen LogP) is 0.707. The molecule has 82 valence electrons. The Morgan fingerprint density at radius 1 is 1.50 bits per heavy atom. The first-order valence-electron chi connectivity index (χ1n) is 5.72. The van der Waals surface area contributed by atoms with Crippen LogP contribution in [0.5, 0.6) is 0 Å². The highest BCUT2D eigenvalue weighted by Crippen LogP contribution is 2.21. The highest BCUT2D eigenvalue weighted by atomic mass is 16.5. The van der Waals surface area contributed by atoms with E-state index in [1.807, 2.05) is 0 Å². The fraction of sp³-hybridized carbons (Fsp3) is 1.00. The van der Waals surface area contributed by atoms with Crippen LogP contribution in [0.1, 0.15) is 20.3 Å². The Morgan fingerprint density at radius 2 is 2.36 bits per heavy atom. The van der Waals surface area contributed by atoms with Gasteiger partial charge in [0.15, 0.2) is 0 Å². The molecule has 14 heavy (non-hydrogen) atoms. The number of nitrogens with zero attached hydrogens (tertiary/aromatic N) is 1. The number of nitrogens with one attached hydrogen (secondary N) is 1. The van der Waals surface area contributed by atoms with Gasteiger partial charge < -0.3 is 10.1 Å². The van der Waals surface area contributed by atoms with Gasteiger partial charge in [0.2, 0.25) is 0 Å². The van der Waals surface area contributed by atoms with Crippen molar-refractivity contribution in [3.05, 3.63) is 0 Å². The molecule has 0 radical (unpaired) electrons. The van der Waals surface area contributed by atoms with E-state index in [2.05, 4.69) is 24.1 Å². The summed E-state index contributed by atoms with van der Waals surface area (Å²) < 4.78 is 5.42. The number of piperazine rings is 1. The van der Waals surface area contributed by atoms with Crippen molar-refractivity contribution >= 4 is 0 Å². The van der Waals surface area contributed by atoms with E-state index in [-0.39, 0.29) is 0 Å². The van der Waals surface area contributed by atoms with E-state index in [9.17, 15) is 0 Å². The molecule has 3 heteroatoms. The second kappa shape index (κ2) is 4.17. The van der Waals surface area contributed by atoms with Gasteiger partial charge in [0.1, 0.15) is 0 Å². The number of hydrogen-bond acceptors (Lipinski definition) is 3. The van der Waals surface area contributed by atoms with E-state index in [4.69, 9.17) is 4.74 Å². The molecule has 0 aliphatic carbocycles. The van der Waals surface area contributed by atoms with Crippen molar-refractivity contribution in [2.45, 2.75) is 25.8 Å². The molecule has 0 aromatic rings. The van der Waals surface area contributed by atoms with E-state index in [1.165, 1.54) is 19.5 Å². The lowest BCUT2D eigenvalue weighted by Crippen LogP contribution is -2.58. The molecule has 3 nitrogen and oxygen atoms in total. The highest BCUT2D eigenvalue weighted by Gasteiger charge is 2.31. The normalized spacial score (nSPS) is 33.4. The Bertz CT molecular complexity index is 188. The van der Waals surface area contributed by atoms with E-state index in [0.29, 0.717) is 5.54 Å². The second-order valence-corrected chi connectivity index (χ2v) is 5.16. The predicted molar refractivity (Wildman–Crippen MR) is 57.4 cm³/mol. The Kier molecular flexibility index (Phi) is 3.10. The summed E-state index contributed by atoms with van der Waals surface area (Å²) in [6.07, 6.45) is 1.25. The van der Waals surface area contributed by atoms with Crippen molar-refractivity contribution < 1.29 is 4.74 Å². The minimum Gasteiger partial charge on any atom is -0.381 e. The van der Waals surface area contributed by atoms with E-state index in [0.717, 1.165) is 32.2 Å². The van der Waals surface area contributed by atoms with Crippen LogP contribution in [0.25, 0.3) is 0 Å². The van der Waals surface area contributed by atoms with Crippen molar-refractivity contribution in [2.24, 2.45) is 5.92 Å². The second-order valence-electron chi connectivity index (χ2n) is 5.16. The zero-order valence-electron chi connectivity index (χ0n) is 9.38. The van der Waals surface area contributed by atoms with Crippen molar-refractivity contribution in [3.8, 4) is 0 Å². The maximum Gasteiger partial charge on any atom is 0.0507 e. The fourth-order valence-corrected chi connectivity index (χ4v) is 2.40. The maximum atomic E-state index is 5.42. The third-order valence-electron chi connectivity index (χ3n) is 3.47. The lowest BCUT2D eigenvalue weighted by molar-refractivity contribution is 0.0686. The topological polar surface area (TPSA) is 24.5 Å². The summed E-state index contributed by atoms with van der Waals surface area (Å²) in [6.45, 7) is 11.2. The third-order valence-corrected chi connectivity index (χ3v) is 3.47. The van der Waals surface area contributed by atoms with Gasteiger partial charge in [0, 0.05) is 38.3 Å². The van der Waals surface area contributed by atoms with Crippen LogP contribution in [0.15, 0.2) is 0 Å². The summed E-state index contributed by atoms with van der Waals surface area (Å²) in [6, 6.07) is 0. The van der Waals surface area contributed by atoms with Gasteiger partial charge in [-0.3, -0.25) is 4.90 Å². The zero-order chi connectivity index (χ0) is 10.0. The van der Waals surface area contributed by atoms with Gasteiger partial charge >= 0.3 is 0 Å². The van der Waals surface area contributed by atoms with E-state index in [1.54, 1.807) is 0 Å². The SMILES string of the molecule is CC1(C)CNCCN1CC1CCOC1. The molecule has 2 rings (SSSR count). The number of ether oxygens (including phenoxy) is 1. The van der Waals surface area contributed by atoms with Crippen LogP contribution in [0.4, 0.5) is 0 Å². The molecular formula is C11H22N2O. The molecule has 2 fully saturated rings. The standard InChI is InChI=1S/C11H22N2O/c1-11(2)9-12-4-5-13(11)7-10-3-6-14-8-10/h10,12H,3-9H2,1-2H3. The smallest absolute Gasteiger partial charge is 0.0507 e. The molecule has 0 amide bonds. The molecule has 2 aliphatic heterocycles. The molecule has 0 bridgehead atoms. The van der Waals surface area contributed by atoms with Gasteiger partial charge in [-0.2, -0.15) is 0 Å². The first kappa shape index (κ1) is 10.4. The van der Waals surface area contributed by atoms with Gasteiger partial charge in [-0.05, 0) is 26.2 Å². The summed E-state index contributed by atoms with van der Waals surface area (Å²) in [5.41, 5.74) is 0.320. The molecule has 2 saturated heterocycles. The Hall–Kier alpha value is -0.120. The number of rotatable bonds is 2. The maximum absolute atomic E-state index is 5.42. The Morgan fingerprint density at radius 3 is 3.00 bits per heavy atom. The lowest BCUT2D eigenvalue weighted by atomic mass is 9.97. The molecular weight excluding hydrogens is 176 g/mol. The van der Waals surface area contributed by atoms with Crippen molar-refractivity contribution in [2.75, 3.05) is 39.4 Å². The highest BCUT2D eigenvalue weighted by molar-refractivity contribution is 4.89. The van der Waals surface area contributed by atoms with Gasteiger partial charge in [-0.1, -0.05) is 0 Å². The molecule has 0 aromatic heterocycles. The van der Waals surface area contributed by atoms with Crippen molar-refractivity contribution in [1.82, 2.24) is 10.2 Å². The summed E-state index contributed by atoms with van der Waals surface area (Å²) in [5, 5.41) is 3.46. The lowest BCUT2D eigenvalue weighted by Gasteiger charge is -2.43. The van der Waals surface area contributed by atoms with Crippen LogP contribution < -0.4 is 5.32 Å². The van der Waals surface area contributed by atoms with Crippen LogP contribution in [-0.4, -0.2) is 49.8 Å². The van der Waals surface area contributed by atoms with Gasteiger partial charge in [-0.15, -0.1) is 0 Å². The average Bonchev–Trinajstić information content (AvgIpc) is 2.61. The first-order valence-corrected chi connectivity index (χ1v) is 5.72. The van der Waals surface area contributed by atoms with Crippen molar-refractivity contribution in [1.29, 1.82) is 0 Å². The summed E-state index contributed by atoms with van der Waals surface area (Å²) >= 11 is 0. The van der Waals surface area contributed by atoms with Crippen LogP contribution in [0.3, 0.4) is 0 Å². The first-order chi connectivity index (χ1) is 6.68. The quantitative estimate of drug-likeness (QED) is 0.707. The average molecular weight is 198 g/mol. The summed E-state index contributed by atoms with van der Waals surface area (Å²) in [7, 11) is 0. The van der Waals surface area contributed by atoms with Gasteiger partial charge in [-0.25, -0.2) is 0 Å². The van der Waals surface area contributed by atoms with Crippen LogP contribution >= 0.6 is 0 Å². The molecule has 0 spiro atoms. The molecule has 1 unspecified atom stereocenters. The molecule has 1 N–H and O–H groups in total. The Balaban J connectivity index is 1.88. The summed E-state index contributed by atoms with van der Waals surface area (Å²) in [4.78, 5) is 2.61. The van der Waals surface area contributed by atoms with Crippen LogP contribution in [0.2, 0.25) is 0 Å². The van der Waals surface area contributed by atoms with Crippen molar-refractivity contribution in [3.63, 3.8) is 0 Å². The molecule has 0 aromatic carbocycles. The molecule has 2 aliphatic rings. The van der Waals surface area contributed by atoms with Crippen LogP contribution in [-0.2, 0) is 4.74 Å². The van der Waals surface area contributed by atoms with E-state index < -0.39 is 0 Å². The van der Waals surface area contributed by atoms with E-state index >= 15 is 0 Å². The van der Waals surface area contributed by atoms with Crippen LogP contribution in [0, 0.1) is 5.92 Å².